The topological polar surface area (TPSA) is 30.9 Å². The lowest BCUT2D eigenvalue weighted by atomic mass is 9.72. The van der Waals surface area contributed by atoms with Crippen LogP contribution in [0.2, 0.25) is 0 Å². The summed E-state index contributed by atoms with van der Waals surface area (Å²) in [6.07, 6.45) is 5.25. The molecule has 0 radical (unpaired) electrons. The Morgan fingerprint density at radius 3 is 2.68 bits per heavy atom. The molecule has 2 aliphatic heterocycles. The zero-order chi connectivity index (χ0) is 17.5. The molecule has 0 amide bonds. The van der Waals surface area contributed by atoms with Gasteiger partial charge in [0.15, 0.2) is 0 Å². The Kier molecular flexibility index (Phi) is 6.88. The van der Waals surface area contributed by atoms with Gasteiger partial charge in [0, 0.05) is 31.7 Å². The first-order valence-electron chi connectivity index (χ1n) is 9.69. The molecule has 0 bridgehead atoms. The zero-order valence-electron chi connectivity index (χ0n) is 15.8. The first kappa shape index (κ1) is 18.8. The number of piperidine rings is 2. The Labute approximate surface area is 152 Å². The van der Waals surface area contributed by atoms with Gasteiger partial charge in [-0.2, -0.15) is 0 Å². The molecule has 1 aromatic rings. The lowest BCUT2D eigenvalue weighted by Gasteiger charge is -2.49. The highest BCUT2D eigenvalue weighted by atomic mass is 16.5. The van der Waals surface area contributed by atoms with Gasteiger partial charge in [0.25, 0.3) is 0 Å². The van der Waals surface area contributed by atoms with Crippen LogP contribution < -0.4 is 0 Å². The number of rotatable bonds is 8. The summed E-state index contributed by atoms with van der Waals surface area (Å²) in [6, 6.07) is 11.7. The van der Waals surface area contributed by atoms with Gasteiger partial charge in [-0.1, -0.05) is 37.3 Å². The van der Waals surface area contributed by atoms with Crippen molar-refractivity contribution in [1.29, 1.82) is 0 Å². The predicted octanol–water partition coefficient (Wildman–Crippen LogP) is 3.25. The first-order chi connectivity index (χ1) is 12.2. The highest BCUT2D eigenvalue weighted by Gasteiger charge is 2.40. The number of methoxy groups -OCH3 is 1. The van der Waals surface area contributed by atoms with Crippen LogP contribution in [-0.4, -0.2) is 63.7 Å². The average Bonchev–Trinajstić information content (AvgIpc) is 2.65. The van der Waals surface area contributed by atoms with Crippen LogP contribution in [0.15, 0.2) is 30.3 Å². The van der Waals surface area contributed by atoms with Gasteiger partial charge in [-0.3, -0.25) is 4.90 Å². The third kappa shape index (κ3) is 5.04. The molecule has 0 aromatic heterocycles. The molecule has 2 heterocycles. The Bertz CT molecular complexity index is 509. The quantitative estimate of drug-likeness (QED) is 0.676. The second kappa shape index (κ2) is 9.13. The van der Waals surface area contributed by atoms with E-state index in [1.54, 1.807) is 7.11 Å². The Balaban J connectivity index is 1.43. The van der Waals surface area contributed by atoms with Gasteiger partial charge >= 0.3 is 0 Å². The molecule has 0 saturated carbocycles. The summed E-state index contributed by atoms with van der Waals surface area (Å²) in [5.74, 6) is 0. The molecule has 2 saturated heterocycles. The summed E-state index contributed by atoms with van der Waals surface area (Å²) < 4.78 is 16.5. The van der Waals surface area contributed by atoms with E-state index in [-0.39, 0.29) is 0 Å². The molecule has 0 spiro atoms. The van der Waals surface area contributed by atoms with E-state index in [4.69, 9.17) is 14.2 Å². The van der Waals surface area contributed by atoms with Crippen molar-refractivity contribution in [3.8, 4) is 0 Å². The van der Waals surface area contributed by atoms with Gasteiger partial charge in [-0.15, -0.1) is 0 Å². The van der Waals surface area contributed by atoms with Gasteiger partial charge < -0.3 is 14.2 Å². The molecule has 3 rings (SSSR count). The second-order valence-electron chi connectivity index (χ2n) is 7.71. The summed E-state index contributed by atoms with van der Waals surface area (Å²) in [5.41, 5.74) is 1.78. The zero-order valence-corrected chi connectivity index (χ0v) is 15.8. The number of hydrogen-bond acceptors (Lipinski definition) is 4. The molecule has 2 aliphatic rings. The van der Waals surface area contributed by atoms with E-state index in [1.165, 1.54) is 31.4 Å². The molecular weight excluding hydrogens is 314 g/mol. The number of fused-ring (bicyclic) bond motifs is 1. The van der Waals surface area contributed by atoms with Crippen LogP contribution in [0.25, 0.3) is 0 Å². The lowest BCUT2D eigenvalue weighted by Crippen LogP contribution is -2.54. The van der Waals surface area contributed by atoms with Crippen molar-refractivity contribution in [3.05, 3.63) is 35.9 Å². The summed E-state index contributed by atoms with van der Waals surface area (Å²) in [5, 5.41) is 0. The maximum Gasteiger partial charge on any atom is 0.0704 e. The van der Waals surface area contributed by atoms with Crippen LogP contribution in [0.4, 0.5) is 0 Å². The van der Waals surface area contributed by atoms with Crippen molar-refractivity contribution < 1.29 is 14.2 Å². The minimum absolute atomic E-state index is 0.292. The van der Waals surface area contributed by atoms with Gasteiger partial charge in [0.05, 0.1) is 32.5 Å². The SMILES string of the molecule is COCCOCCOC1CCN2CC(C)(c3ccccc3)CCC2C1. The minimum atomic E-state index is 0.292. The van der Waals surface area contributed by atoms with E-state index < -0.39 is 0 Å². The standard InChI is InChI=1S/C21H33NO3/c1-21(18-6-4-3-5-7-18)10-8-19-16-20(9-11-22(19)17-21)25-15-14-24-13-12-23-2/h3-7,19-20H,8-17H2,1-2H3. The fraction of sp³-hybridized carbons (Fsp3) is 0.714. The molecule has 4 heteroatoms. The molecule has 3 atom stereocenters. The molecule has 25 heavy (non-hydrogen) atoms. The third-order valence-corrected chi connectivity index (χ3v) is 5.85. The molecule has 4 nitrogen and oxygen atoms in total. The summed E-state index contributed by atoms with van der Waals surface area (Å²) >= 11 is 0. The second-order valence-corrected chi connectivity index (χ2v) is 7.71. The van der Waals surface area contributed by atoms with Crippen molar-refractivity contribution in [2.45, 2.75) is 50.2 Å². The Hall–Kier alpha value is -0.940. The average molecular weight is 347 g/mol. The van der Waals surface area contributed by atoms with Crippen LogP contribution in [0.1, 0.15) is 38.2 Å². The van der Waals surface area contributed by atoms with E-state index in [9.17, 15) is 0 Å². The van der Waals surface area contributed by atoms with E-state index in [2.05, 4.69) is 42.2 Å². The molecule has 2 fully saturated rings. The number of benzene rings is 1. The van der Waals surface area contributed by atoms with Crippen molar-refractivity contribution in [3.63, 3.8) is 0 Å². The van der Waals surface area contributed by atoms with Crippen molar-refractivity contribution in [2.24, 2.45) is 0 Å². The lowest BCUT2D eigenvalue weighted by molar-refractivity contribution is -0.0552. The van der Waals surface area contributed by atoms with Crippen LogP contribution in [0.3, 0.4) is 0 Å². The Morgan fingerprint density at radius 2 is 1.88 bits per heavy atom. The van der Waals surface area contributed by atoms with E-state index in [1.807, 2.05) is 0 Å². The van der Waals surface area contributed by atoms with Crippen molar-refractivity contribution >= 4 is 0 Å². The predicted molar refractivity (Wildman–Crippen MR) is 100 cm³/mol. The molecule has 0 aliphatic carbocycles. The van der Waals surface area contributed by atoms with E-state index >= 15 is 0 Å². The Morgan fingerprint density at radius 1 is 1.08 bits per heavy atom. The van der Waals surface area contributed by atoms with Crippen molar-refractivity contribution in [1.82, 2.24) is 4.90 Å². The van der Waals surface area contributed by atoms with Gasteiger partial charge in [0.1, 0.15) is 0 Å². The molecule has 0 N–H and O–H groups in total. The van der Waals surface area contributed by atoms with E-state index in [0.717, 1.165) is 13.0 Å². The fourth-order valence-corrected chi connectivity index (χ4v) is 4.33. The summed E-state index contributed by atoms with van der Waals surface area (Å²) in [4.78, 5) is 2.70. The highest BCUT2D eigenvalue weighted by molar-refractivity contribution is 5.26. The first-order valence-corrected chi connectivity index (χ1v) is 9.69. The fourth-order valence-electron chi connectivity index (χ4n) is 4.33. The minimum Gasteiger partial charge on any atom is -0.382 e. The number of ether oxygens (including phenoxy) is 3. The van der Waals surface area contributed by atoms with Crippen molar-refractivity contribution in [2.75, 3.05) is 46.6 Å². The molecule has 1 aromatic carbocycles. The molecule has 140 valence electrons. The third-order valence-electron chi connectivity index (χ3n) is 5.85. The van der Waals surface area contributed by atoms with Crippen LogP contribution >= 0.6 is 0 Å². The van der Waals surface area contributed by atoms with Gasteiger partial charge in [-0.05, 0) is 31.2 Å². The monoisotopic (exact) mass is 347 g/mol. The van der Waals surface area contributed by atoms with Crippen LogP contribution in [0, 0.1) is 0 Å². The van der Waals surface area contributed by atoms with Gasteiger partial charge in [-0.25, -0.2) is 0 Å². The summed E-state index contributed by atoms with van der Waals surface area (Å²) in [7, 11) is 1.70. The normalized spacial score (nSPS) is 30.2. The maximum atomic E-state index is 6.06. The smallest absolute Gasteiger partial charge is 0.0704 e. The molecule has 3 unspecified atom stereocenters. The number of hydrogen-bond donors (Lipinski definition) is 0. The van der Waals surface area contributed by atoms with Crippen LogP contribution in [0.5, 0.6) is 0 Å². The van der Waals surface area contributed by atoms with E-state index in [0.29, 0.717) is 44.0 Å². The van der Waals surface area contributed by atoms with Crippen LogP contribution in [-0.2, 0) is 19.6 Å². The summed E-state index contributed by atoms with van der Waals surface area (Å²) in [6.45, 7) is 7.43. The number of nitrogens with zero attached hydrogens (tertiary/aromatic N) is 1. The maximum absolute atomic E-state index is 6.06. The van der Waals surface area contributed by atoms with Gasteiger partial charge in [0.2, 0.25) is 0 Å². The largest absolute Gasteiger partial charge is 0.382 e. The molecular formula is C21H33NO3. The highest BCUT2D eigenvalue weighted by Crippen LogP contribution is 2.39.